The standard InChI is InChI=1S/C24H30O7Si/c1-26-19-9-7-16(12-21(19)27-2)23(31-32(3,4)5)18-13-28-24(25)17(18)10-15-6-8-20-22(11-15)30-14-29-20/h6-9,11-12,17-18,23H,10,13-14H2,1-5H3/t17-,18+,23-/m1/s1. The third kappa shape index (κ3) is 4.71. The van der Waals surface area contributed by atoms with Crippen molar-refractivity contribution in [3.8, 4) is 23.0 Å². The first-order valence-corrected chi connectivity index (χ1v) is 14.1. The van der Waals surface area contributed by atoms with Gasteiger partial charge in [0.05, 0.1) is 32.8 Å². The Labute approximate surface area is 189 Å². The predicted octanol–water partition coefficient (Wildman–Crippen LogP) is 4.36. The molecule has 2 aliphatic rings. The van der Waals surface area contributed by atoms with Gasteiger partial charge >= 0.3 is 5.97 Å². The number of benzene rings is 2. The van der Waals surface area contributed by atoms with E-state index in [2.05, 4.69) is 19.6 Å². The molecule has 0 aromatic heterocycles. The molecule has 7 nitrogen and oxygen atoms in total. The third-order valence-corrected chi connectivity index (χ3v) is 6.70. The van der Waals surface area contributed by atoms with Crippen molar-refractivity contribution in [3.63, 3.8) is 0 Å². The Kier molecular flexibility index (Phi) is 6.35. The van der Waals surface area contributed by atoms with E-state index >= 15 is 0 Å². The maximum atomic E-state index is 12.8. The summed E-state index contributed by atoms with van der Waals surface area (Å²) in [5.41, 5.74) is 1.95. The molecular weight excluding hydrogens is 428 g/mol. The van der Waals surface area contributed by atoms with Gasteiger partial charge in [-0.05, 0) is 61.5 Å². The fourth-order valence-electron chi connectivity index (χ4n) is 4.24. The molecule has 0 amide bonds. The van der Waals surface area contributed by atoms with Crippen molar-refractivity contribution in [2.24, 2.45) is 11.8 Å². The molecule has 0 unspecified atom stereocenters. The quantitative estimate of drug-likeness (QED) is 0.430. The largest absolute Gasteiger partial charge is 0.493 e. The second kappa shape index (κ2) is 9.03. The summed E-state index contributed by atoms with van der Waals surface area (Å²) in [6, 6.07) is 11.6. The summed E-state index contributed by atoms with van der Waals surface area (Å²) in [6.45, 7) is 6.97. The summed E-state index contributed by atoms with van der Waals surface area (Å²) < 4.78 is 34.0. The minimum Gasteiger partial charge on any atom is -0.493 e. The number of cyclic esters (lactones) is 1. The van der Waals surface area contributed by atoms with Gasteiger partial charge in [0, 0.05) is 5.92 Å². The van der Waals surface area contributed by atoms with E-state index in [1.807, 2.05) is 36.4 Å². The van der Waals surface area contributed by atoms with Gasteiger partial charge in [-0.2, -0.15) is 0 Å². The van der Waals surface area contributed by atoms with Crippen molar-refractivity contribution in [1.29, 1.82) is 0 Å². The summed E-state index contributed by atoms with van der Waals surface area (Å²) in [4.78, 5) is 12.8. The normalized spacial score (nSPS) is 20.7. The Morgan fingerprint density at radius 3 is 2.44 bits per heavy atom. The molecule has 2 aromatic carbocycles. The average Bonchev–Trinajstić information content (AvgIpc) is 3.37. The highest BCUT2D eigenvalue weighted by Crippen LogP contribution is 2.43. The smallest absolute Gasteiger partial charge is 0.309 e. The van der Waals surface area contributed by atoms with Crippen molar-refractivity contribution in [2.75, 3.05) is 27.6 Å². The lowest BCUT2D eigenvalue weighted by molar-refractivity contribution is -0.141. The molecule has 0 saturated carbocycles. The van der Waals surface area contributed by atoms with Crippen LogP contribution in [0.4, 0.5) is 0 Å². The van der Waals surface area contributed by atoms with Gasteiger partial charge in [-0.15, -0.1) is 0 Å². The SMILES string of the molecule is COc1ccc([C@@H](O[Si](C)(C)C)[C@H]2COC(=O)[C@@H]2Cc2ccc3c(c2)OCO3)cc1OC. The zero-order valence-electron chi connectivity index (χ0n) is 19.2. The molecule has 0 bridgehead atoms. The lowest BCUT2D eigenvalue weighted by Gasteiger charge is -2.32. The van der Waals surface area contributed by atoms with Crippen molar-refractivity contribution < 1.29 is 32.9 Å². The number of hydrogen-bond acceptors (Lipinski definition) is 7. The van der Waals surface area contributed by atoms with E-state index in [4.69, 9.17) is 28.1 Å². The number of carbonyl (C=O) groups is 1. The highest BCUT2D eigenvalue weighted by atomic mass is 28.4. The topological polar surface area (TPSA) is 72.5 Å². The number of methoxy groups -OCH3 is 2. The monoisotopic (exact) mass is 458 g/mol. The molecule has 0 aliphatic carbocycles. The van der Waals surface area contributed by atoms with E-state index in [1.165, 1.54) is 0 Å². The lowest BCUT2D eigenvalue weighted by atomic mass is 9.83. The first-order chi connectivity index (χ1) is 15.3. The Morgan fingerprint density at radius 1 is 0.969 bits per heavy atom. The molecule has 2 heterocycles. The van der Waals surface area contributed by atoms with Crippen LogP contribution in [0.15, 0.2) is 36.4 Å². The summed E-state index contributed by atoms with van der Waals surface area (Å²) in [5.74, 6) is 2.06. The molecule has 1 saturated heterocycles. The summed E-state index contributed by atoms with van der Waals surface area (Å²) in [7, 11) is 1.27. The van der Waals surface area contributed by atoms with Crippen LogP contribution in [-0.2, 0) is 20.4 Å². The van der Waals surface area contributed by atoms with Gasteiger partial charge < -0.3 is 28.1 Å². The van der Waals surface area contributed by atoms with Crippen LogP contribution in [0.5, 0.6) is 23.0 Å². The number of fused-ring (bicyclic) bond motifs is 1. The molecule has 4 rings (SSSR count). The lowest BCUT2D eigenvalue weighted by Crippen LogP contribution is -2.34. The molecule has 32 heavy (non-hydrogen) atoms. The number of rotatable bonds is 8. The minimum absolute atomic E-state index is 0.127. The summed E-state index contributed by atoms with van der Waals surface area (Å²) >= 11 is 0. The molecule has 0 spiro atoms. The number of hydrogen-bond donors (Lipinski definition) is 0. The van der Waals surface area contributed by atoms with Gasteiger partial charge in [0.25, 0.3) is 0 Å². The zero-order chi connectivity index (χ0) is 22.9. The Morgan fingerprint density at radius 2 is 1.72 bits per heavy atom. The third-order valence-electron chi connectivity index (χ3n) is 5.74. The van der Waals surface area contributed by atoms with Gasteiger partial charge in [0.2, 0.25) is 6.79 Å². The van der Waals surface area contributed by atoms with E-state index in [-0.39, 0.29) is 30.7 Å². The molecule has 0 radical (unpaired) electrons. The highest BCUT2D eigenvalue weighted by Gasteiger charge is 2.44. The van der Waals surface area contributed by atoms with Crippen molar-refractivity contribution >= 4 is 14.3 Å². The molecule has 1 fully saturated rings. The van der Waals surface area contributed by atoms with Crippen LogP contribution in [0.25, 0.3) is 0 Å². The number of carbonyl (C=O) groups excluding carboxylic acids is 1. The molecule has 172 valence electrons. The van der Waals surface area contributed by atoms with Crippen LogP contribution in [0, 0.1) is 11.8 Å². The van der Waals surface area contributed by atoms with Gasteiger partial charge in [-0.25, -0.2) is 0 Å². The van der Waals surface area contributed by atoms with Crippen LogP contribution < -0.4 is 18.9 Å². The van der Waals surface area contributed by atoms with Gasteiger partial charge in [0.1, 0.15) is 0 Å². The fourth-order valence-corrected chi connectivity index (χ4v) is 5.32. The Bertz CT molecular complexity index is 985. The van der Waals surface area contributed by atoms with Gasteiger partial charge in [-0.3, -0.25) is 4.79 Å². The molecule has 2 aliphatic heterocycles. The average molecular weight is 459 g/mol. The second-order valence-electron chi connectivity index (χ2n) is 9.06. The van der Waals surface area contributed by atoms with Crippen LogP contribution in [-0.4, -0.2) is 41.9 Å². The van der Waals surface area contributed by atoms with Gasteiger partial charge in [-0.1, -0.05) is 12.1 Å². The van der Waals surface area contributed by atoms with Crippen LogP contribution in [0.2, 0.25) is 19.6 Å². The van der Waals surface area contributed by atoms with E-state index in [1.54, 1.807) is 14.2 Å². The Balaban J connectivity index is 1.65. The summed E-state index contributed by atoms with van der Waals surface area (Å²) in [5, 5.41) is 0. The van der Waals surface area contributed by atoms with E-state index in [9.17, 15) is 4.79 Å². The second-order valence-corrected chi connectivity index (χ2v) is 13.5. The molecule has 3 atom stereocenters. The van der Waals surface area contributed by atoms with Crippen LogP contribution in [0.1, 0.15) is 17.2 Å². The van der Waals surface area contributed by atoms with E-state index in [0.29, 0.717) is 30.3 Å². The van der Waals surface area contributed by atoms with E-state index < -0.39 is 8.32 Å². The first-order valence-electron chi connectivity index (χ1n) is 10.7. The van der Waals surface area contributed by atoms with Crippen molar-refractivity contribution in [3.05, 3.63) is 47.5 Å². The molecular formula is C24H30O7Si. The van der Waals surface area contributed by atoms with E-state index in [0.717, 1.165) is 16.9 Å². The molecule has 8 heteroatoms. The molecule has 0 N–H and O–H groups in total. The maximum Gasteiger partial charge on any atom is 0.309 e. The number of esters is 1. The number of ether oxygens (including phenoxy) is 5. The predicted molar refractivity (Wildman–Crippen MR) is 121 cm³/mol. The highest BCUT2D eigenvalue weighted by molar-refractivity contribution is 6.69. The zero-order valence-corrected chi connectivity index (χ0v) is 20.2. The van der Waals surface area contributed by atoms with Gasteiger partial charge in [0.15, 0.2) is 31.3 Å². The molecule has 2 aromatic rings. The van der Waals surface area contributed by atoms with Crippen molar-refractivity contribution in [1.82, 2.24) is 0 Å². The van der Waals surface area contributed by atoms with Crippen molar-refractivity contribution in [2.45, 2.75) is 32.2 Å². The fraction of sp³-hybridized carbons (Fsp3) is 0.458. The minimum atomic E-state index is -1.95. The van der Waals surface area contributed by atoms with Crippen LogP contribution >= 0.6 is 0 Å². The summed E-state index contributed by atoms with van der Waals surface area (Å²) in [6.07, 6.45) is 0.242. The first kappa shape index (κ1) is 22.5. The Hall–Kier alpha value is -2.71. The van der Waals surface area contributed by atoms with Crippen LogP contribution in [0.3, 0.4) is 0 Å². The maximum absolute atomic E-state index is 12.8.